The first-order valence-corrected chi connectivity index (χ1v) is 13.7. The van der Waals surface area contributed by atoms with Crippen molar-refractivity contribution in [3.63, 3.8) is 0 Å². The van der Waals surface area contributed by atoms with Crippen molar-refractivity contribution in [2.45, 2.75) is 57.9 Å². The Hall–Kier alpha value is -3.35. The molecular weight excluding hydrogens is 497 g/mol. The molecule has 1 aromatic heterocycles. The first-order valence-electron chi connectivity index (χ1n) is 13.7. The predicted molar refractivity (Wildman–Crippen MR) is 151 cm³/mol. The van der Waals surface area contributed by atoms with Gasteiger partial charge in [0, 0.05) is 12.7 Å². The van der Waals surface area contributed by atoms with E-state index < -0.39 is 17.3 Å². The van der Waals surface area contributed by atoms with E-state index in [0.717, 1.165) is 44.8 Å². The maximum Gasteiger partial charge on any atom is 0.418 e. The maximum atomic E-state index is 14.5. The van der Waals surface area contributed by atoms with Gasteiger partial charge < -0.3 is 9.67 Å². The van der Waals surface area contributed by atoms with Crippen molar-refractivity contribution in [1.29, 1.82) is 0 Å². The summed E-state index contributed by atoms with van der Waals surface area (Å²) in [4.78, 5) is 2.25. The Morgan fingerprint density at radius 2 is 1.28 bits per heavy atom. The zero-order valence-corrected chi connectivity index (χ0v) is 22.7. The predicted octanol–water partition coefficient (Wildman–Crippen LogP) is 8.18. The number of aliphatic hydroxyl groups is 1. The molecule has 0 unspecified atom stereocenters. The third-order valence-corrected chi connectivity index (χ3v) is 7.22. The van der Waals surface area contributed by atoms with Crippen molar-refractivity contribution in [2.24, 2.45) is 0 Å². The Bertz CT molecular complexity index is 1270. The monoisotopic (exact) mass is 534 g/mol. The van der Waals surface area contributed by atoms with Crippen molar-refractivity contribution in [1.82, 2.24) is 9.47 Å². The molecule has 0 aliphatic heterocycles. The number of rotatable bonds is 12. The van der Waals surface area contributed by atoms with E-state index in [0.29, 0.717) is 28.9 Å². The highest BCUT2D eigenvalue weighted by atomic mass is 19.4. The average Bonchev–Trinajstić information content (AvgIpc) is 3.44. The van der Waals surface area contributed by atoms with Gasteiger partial charge in [0.2, 0.25) is 0 Å². The van der Waals surface area contributed by atoms with E-state index in [4.69, 9.17) is 0 Å². The second-order valence-electron chi connectivity index (χ2n) is 10.0. The molecule has 1 N–H and O–H groups in total. The third-order valence-electron chi connectivity index (χ3n) is 7.22. The average molecular weight is 535 g/mol. The molecule has 0 saturated carbocycles. The normalized spacial score (nSPS) is 12.3. The lowest BCUT2D eigenvalue weighted by Crippen LogP contribution is -2.32. The number of unbranched alkanes of at least 4 members (excludes halogenated alkanes) is 2. The molecule has 1 heterocycles. The molecule has 0 amide bonds. The Balaban J connectivity index is 1.93. The lowest BCUT2D eigenvalue weighted by molar-refractivity contribution is -0.137. The molecule has 0 fully saturated rings. The summed E-state index contributed by atoms with van der Waals surface area (Å²) >= 11 is 0. The number of nitrogens with zero attached hydrogens (tertiary/aromatic N) is 2. The van der Waals surface area contributed by atoms with Crippen LogP contribution in [0.3, 0.4) is 0 Å². The van der Waals surface area contributed by atoms with Crippen molar-refractivity contribution < 1.29 is 18.3 Å². The number of para-hydroxylation sites is 1. The van der Waals surface area contributed by atoms with Crippen LogP contribution in [0, 0.1) is 0 Å². The summed E-state index contributed by atoms with van der Waals surface area (Å²) in [6.45, 7) is 6.28. The molecule has 4 aromatic rings. The molecule has 0 aliphatic carbocycles. The Labute approximate surface area is 229 Å². The molecule has 4 rings (SSSR count). The lowest BCUT2D eigenvalue weighted by atomic mass is 9.83. The van der Waals surface area contributed by atoms with E-state index in [1.54, 1.807) is 48.7 Å². The van der Waals surface area contributed by atoms with Crippen molar-refractivity contribution in [3.05, 3.63) is 125 Å². The van der Waals surface area contributed by atoms with Crippen LogP contribution in [0.15, 0.2) is 97.2 Å². The van der Waals surface area contributed by atoms with Gasteiger partial charge in [-0.15, -0.1) is 0 Å². The van der Waals surface area contributed by atoms with Gasteiger partial charge in [0.25, 0.3) is 0 Å². The fourth-order valence-corrected chi connectivity index (χ4v) is 5.20. The van der Waals surface area contributed by atoms with Gasteiger partial charge in [0.1, 0.15) is 0 Å². The highest BCUT2D eigenvalue weighted by Crippen LogP contribution is 2.41. The number of hydrogen-bond acceptors (Lipinski definition) is 2. The minimum atomic E-state index is -4.57. The fraction of sp³-hybridized carbons (Fsp3) is 0.333. The zero-order valence-electron chi connectivity index (χ0n) is 22.7. The van der Waals surface area contributed by atoms with E-state index in [2.05, 4.69) is 18.7 Å². The summed E-state index contributed by atoms with van der Waals surface area (Å²) in [7, 11) is 0. The molecule has 0 saturated heterocycles. The number of halogens is 3. The quantitative estimate of drug-likeness (QED) is 0.199. The number of benzene rings is 3. The number of aromatic nitrogens is 1. The van der Waals surface area contributed by atoms with E-state index in [1.807, 2.05) is 36.4 Å². The van der Waals surface area contributed by atoms with Crippen LogP contribution in [0.2, 0.25) is 0 Å². The summed E-state index contributed by atoms with van der Waals surface area (Å²) in [5.74, 6) is 0. The molecule has 6 heteroatoms. The third kappa shape index (κ3) is 6.29. The Kier molecular flexibility index (Phi) is 9.31. The van der Waals surface area contributed by atoms with Crippen LogP contribution < -0.4 is 0 Å². The standard InChI is InChI=1S/C33H37F3N2O/c1-3-5-22-37(23-6-4-2)25-26-15-13-20-29(33(34,35)36)31(26)38-24-14-21-30(38)32(39,27-16-9-7-10-17-27)28-18-11-8-12-19-28/h7-21,24,39H,3-6,22-23,25H2,1-2H3. The van der Waals surface area contributed by atoms with Gasteiger partial charge in [-0.1, -0.05) is 99.5 Å². The summed E-state index contributed by atoms with van der Waals surface area (Å²) in [5.41, 5.74) is -0.236. The summed E-state index contributed by atoms with van der Waals surface area (Å²) in [5, 5.41) is 12.4. The topological polar surface area (TPSA) is 28.4 Å². The minimum Gasteiger partial charge on any atom is -0.375 e. The molecule has 0 radical (unpaired) electrons. The summed E-state index contributed by atoms with van der Waals surface area (Å²) < 4.78 is 45.2. The molecule has 0 aliphatic rings. The van der Waals surface area contributed by atoms with Gasteiger partial charge in [-0.3, -0.25) is 4.90 Å². The van der Waals surface area contributed by atoms with E-state index in [1.165, 1.54) is 10.6 Å². The van der Waals surface area contributed by atoms with Crippen LogP contribution in [0.1, 0.15) is 67.5 Å². The highest BCUT2D eigenvalue weighted by molar-refractivity contribution is 5.55. The second kappa shape index (κ2) is 12.7. The minimum absolute atomic E-state index is 0.0632. The van der Waals surface area contributed by atoms with Gasteiger partial charge in [-0.2, -0.15) is 13.2 Å². The second-order valence-corrected chi connectivity index (χ2v) is 10.0. The van der Waals surface area contributed by atoms with Crippen LogP contribution in [0.4, 0.5) is 13.2 Å². The van der Waals surface area contributed by atoms with Gasteiger partial charge in [0.15, 0.2) is 5.60 Å². The first kappa shape index (κ1) is 28.7. The van der Waals surface area contributed by atoms with Gasteiger partial charge in [-0.05, 0) is 60.8 Å². The molecule has 0 spiro atoms. The van der Waals surface area contributed by atoms with Crippen molar-refractivity contribution in [3.8, 4) is 5.69 Å². The Morgan fingerprint density at radius 3 is 1.79 bits per heavy atom. The van der Waals surface area contributed by atoms with Gasteiger partial charge >= 0.3 is 6.18 Å². The van der Waals surface area contributed by atoms with Crippen LogP contribution in [0.5, 0.6) is 0 Å². The fourth-order valence-electron chi connectivity index (χ4n) is 5.20. The molecule has 0 bridgehead atoms. The molecule has 3 aromatic carbocycles. The van der Waals surface area contributed by atoms with Gasteiger partial charge in [0.05, 0.1) is 16.9 Å². The van der Waals surface area contributed by atoms with Crippen LogP contribution in [-0.4, -0.2) is 27.7 Å². The van der Waals surface area contributed by atoms with Crippen molar-refractivity contribution >= 4 is 0 Å². The Morgan fingerprint density at radius 1 is 0.718 bits per heavy atom. The number of alkyl halides is 3. The molecule has 206 valence electrons. The smallest absolute Gasteiger partial charge is 0.375 e. The largest absolute Gasteiger partial charge is 0.418 e. The van der Waals surface area contributed by atoms with Crippen LogP contribution >= 0.6 is 0 Å². The molecular formula is C33H37F3N2O. The van der Waals surface area contributed by atoms with Crippen LogP contribution in [0.25, 0.3) is 5.69 Å². The summed E-state index contributed by atoms with van der Waals surface area (Å²) in [6, 6.07) is 26.0. The van der Waals surface area contributed by atoms with E-state index in [-0.39, 0.29) is 5.69 Å². The van der Waals surface area contributed by atoms with E-state index in [9.17, 15) is 18.3 Å². The SMILES string of the molecule is CCCCN(CCCC)Cc1cccc(C(F)(F)F)c1-n1cccc1C(O)(c1ccccc1)c1ccccc1. The first-order chi connectivity index (χ1) is 18.8. The number of hydrogen-bond donors (Lipinski definition) is 1. The maximum absolute atomic E-state index is 14.5. The molecule has 0 atom stereocenters. The van der Waals surface area contributed by atoms with Crippen molar-refractivity contribution in [2.75, 3.05) is 13.1 Å². The molecule has 3 nitrogen and oxygen atoms in total. The van der Waals surface area contributed by atoms with E-state index >= 15 is 0 Å². The summed E-state index contributed by atoms with van der Waals surface area (Å²) in [6.07, 6.45) is 1.05. The molecule has 39 heavy (non-hydrogen) atoms. The van der Waals surface area contributed by atoms with Gasteiger partial charge in [-0.25, -0.2) is 0 Å². The van der Waals surface area contributed by atoms with Crippen LogP contribution in [-0.2, 0) is 18.3 Å². The lowest BCUT2D eigenvalue weighted by Gasteiger charge is -2.32. The zero-order chi connectivity index (χ0) is 27.9. The highest BCUT2D eigenvalue weighted by Gasteiger charge is 2.40.